The first-order chi connectivity index (χ1) is 9.69. The van der Waals surface area contributed by atoms with Crippen molar-refractivity contribution in [3.63, 3.8) is 0 Å². The maximum absolute atomic E-state index is 9.14. The van der Waals surface area contributed by atoms with Gasteiger partial charge in [0.05, 0.1) is 7.11 Å². The van der Waals surface area contributed by atoms with Crippen LogP contribution in [-0.4, -0.2) is 31.4 Å². The molecule has 1 aromatic rings. The van der Waals surface area contributed by atoms with Crippen LogP contribution in [0.4, 0.5) is 5.69 Å². The molecule has 1 unspecified atom stereocenters. The Balaban J connectivity index is 2.35. The lowest BCUT2D eigenvalue weighted by Gasteiger charge is -2.41. The second-order valence-electron chi connectivity index (χ2n) is 5.54. The van der Waals surface area contributed by atoms with Gasteiger partial charge in [-0.05, 0) is 44.7 Å². The smallest absolute Gasteiger partial charge is 0.125 e. The molecular weight excluding hydrogens is 252 g/mol. The van der Waals surface area contributed by atoms with Crippen molar-refractivity contribution in [2.24, 2.45) is 5.73 Å². The molecule has 2 rings (SSSR count). The lowest BCUT2D eigenvalue weighted by Crippen LogP contribution is -2.42. The van der Waals surface area contributed by atoms with Crippen LogP contribution in [-0.2, 0) is 0 Å². The Bertz CT molecular complexity index is 430. The van der Waals surface area contributed by atoms with E-state index >= 15 is 0 Å². The summed E-state index contributed by atoms with van der Waals surface area (Å²) < 4.78 is 5.48. The topological polar surface area (TPSA) is 58.7 Å². The maximum atomic E-state index is 9.14. The fraction of sp³-hybridized carbons (Fsp3) is 0.625. The molecule has 0 spiro atoms. The predicted molar refractivity (Wildman–Crippen MR) is 82.3 cm³/mol. The van der Waals surface area contributed by atoms with Gasteiger partial charge in [0.2, 0.25) is 0 Å². The van der Waals surface area contributed by atoms with E-state index in [-0.39, 0.29) is 12.6 Å². The highest BCUT2D eigenvalue weighted by atomic mass is 16.5. The Kier molecular flexibility index (Phi) is 5.26. The van der Waals surface area contributed by atoms with Gasteiger partial charge in [-0.1, -0.05) is 6.07 Å². The summed E-state index contributed by atoms with van der Waals surface area (Å²) in [6.07, 6.45) is 4.52. The predicted octanol–water partition coefficient (Wildman–Crippen LogP) is 2.46. The zero-order valence-electron chi connectivity index (χ0n) is 12.5. The van der Waals surface area contributed by atoms with Crippen molar-refractivity contribution in [3.05, 3.63) is 23.8 Å². The summed E-state index contributed by atoms with van der Waals surface area (Å²) >= 11 is 0. The first kappa shape index (κ1) is 15.1. The SMILES string of the molecule is COc1cccc(N(CCCO)C2CCC2)c1C(C)N. The summed E-state index contributed by atoms with van der Waals surface area (Å²) in [4.78, 5) is 2.40. The molecule has 1 atom stereocenters. The quantitative estimate of drug-likeness (QED) is 0.804. The summed E-state index contributed by atoms with van der Waals surface area (Å²) in [6.45, 7) is 3.08. The number of hydrogen-bond donors (Lipinski definition) is 2. The fourth-order valence-corrected chi connectivity index (χ4v) is 2.86. The molecule has 4 heteroatoms. The number of hydrogen-bond acceptors (Lipinski definition) is 4. The summed E-state index contributed by atoms with van der Waals surface area (Å²) in [6, 6.07) is 6.61. The number of nitrogens with zero attached hydrogens (tertiary/aromatic N) is 1. The third kappa shape index (κ3) is 3.07. The van der Waals surface area contributed by atoms with Crippen molar-refractivity contribution >= 4 is 5.69 Å². The number of nitrogens with two attached hydrogens (primary N) is 1. The summed E-state index contributed by atoms with van der Waals surface area (Å²) in [7, 11) is 1.69. The molecule has 0 radical (unpaired) electrons. The minimum Gasteiger partial charge on any atom is -0.496 e. The van der Waals surface area contributed by atoms with Crippen LogP contribution < -0.4 is 15.4 Å². The Morgan fingerprint density at radius 1 is 1.45 bits per heavy atom. The van der Waals surface area contributed by atoms with Crippen LogP contribution in [0.3, 0.4) is 0 Å². The maximum Gasteiger partial charge on any atom is 0.125 e. The molecule has 0 bridgehead atoms. The van der Waals surface area contributed by atoms with E-state index in [9.17, 15) is 0 Å². The van der Waals surface area contributed by atoms with Crippen LogP contribution >= 0.6 is 0 Å². The normalized spacial score (nSPS) is 16.6. The first-order valence-corrected chi connectivity index (χ1v) is 7.49. The van der Waals surface area contributed by atoms with Crippen molar-refractivity contribution in [2.45, 2.75) is 44.7 Å². The molecular formula is C16H26N2O2. The number of benzene rings is 1. The molecule has 112 valence electrons. The van der Waals surface area contributed by atoms with Crippen LogP contribution in [0.2, 0.25) is 0 Å². The monoisotopic (exact) mass is 278 g/mol. The van der Waals surface area contributed by atoms with Crippen molar-refractivity contribution in [1.82, 2.24) is 0 Å². The van der Waals surface area contributed by atoms with E-state index in [4.69, 9.17) is 15.6 Å². The first-order valence-electron chi connectivity index (χ1n) is 7.49. The third-order valence-electron chi connectivity index (χ3n) is 4.10. The van der Waals surface area contributed by atoms with Gasteiger partial charge >= 0.3 is 0 Å². The molecule has 0 amide bonds. The van der Waals surface area contributed by atoms with Crippen LogP contribution in [0, 0.1) is 0 Å². The average Bonchev–Trinajstić information content (AvgIpc) is 2.40. The van der Waals surface area contributed by atoms with Gasteiger partial charge in [-0.3, -0.25) is 0 Å². The van der Waals surface area contributed by atoms with E-state index in [1.54, 1.807) is 7.11 Å². The van der Waals surface area contributed by atoms with Crippen molar-refractivity contribution in [1.29, 1.82) is 0 Å². The largest absolute Gasteiger partial charge is 0.496 e. The minimum atomic E-state index is -0.0714. The van der Waals surface area contributed by atoms with E-state index in [2.05, 4.69) is 11.0 Å². The van der Waals surface area contributed by atoms with Gasteiger partial charge in [0, 0.05) is 36.5 Å². The molecule has 0 heterocycles. The molecule has 0 aromatic heterocycles. The molecule has 4 nitrogen and oxygen atoms in total. The van der Waals surface area contributed by atoms with Crippen LogP contribution in [0.25, 0.3) is 0 Å². The minimum absolute atomic E-state index is 0.0714. The highest BCUT2D eigenvalue weighted by molar-refractivity contribution is 5.61. The molecule has 1 aliphatic carbocycles. The van der Waals surface area contributed by atoms with Crippen molar-refractivity contribution < 1.29 is 9.84 Å². The molecule has 3 N–H and O–H groups in total. The second-order valence-corrected chi connectivity index (χ2v) is 5.54. The van der Waals surface area contributed by atoms with E-state index in [0.717, 1.165) is 30.0 Å². The Hall–Kier alpha value is -1.26. The second kappa shape index (κ2) is 6.95. The molecule has 0 aliphatic heterocycles. The summed E-state index contributed by atoms with van der Waals surface area (Å²) in [5.41, 5.74) is 8.39. The number of methoxy groups -OCH3 is 1. The Morgan fingerprint density at radius 3 is 2.70 bits per heavy atom. The average molecular weight is 278 g/mol. The Morgan fingerprint density at radius 2 is 2.20 bits per heavy atom. The molecule has 1 aromatic carbocycles. The van der Waals surface area contributed by atoms with E-state index in [1.165, 1.54) is 19.3 Å². The number of aliphatic hydroxyl groups excluding tert-OH is 1. The van der Waals surface area contributed by atoms with Crippen molar-refractivity contribution in [3.8, 4) is 5.75 Å². The Labute approximate surface area is 121 Å². The molecule has 1 saturated carbocycles. The lowest BCUT2D eigenvalue weighted by molar-refractivity contribution is 0.282. The van der Waals surface area contributed by atoms with Gasteiger partial charge in [-0.2, -0.15) is 0 Å². The van der Waals surface area contributed by atoms with Crippen LogP contribution in [0.1, 0.15) is 44.2 Å². The highest BCUT2D eigenvalue weighted by Crippen LogP contribution is 2.38. The van der Waals surface area contributed by atoms with Gasteiger partial charge in [-0.15, -0.1) is 0 Å². The highest BCUT2D eigenvalue weighted by Gasteiger charge is 2.28. The van der Waals surface area contributed by atoms with Gasteiger partial charge in [0.1, 0.15) is 5.75 Å². The number of anilines is 1. The molecule has 1 aliphatic rings. The fourth-order valence-electron chi connectivity index (χ4n) is 2.86. The van der Waals surface area contributed by atoms with E-state index in [1.807, 2.05) is 19.1 Å². The van der Waals surface area contributed by atoms with Crippen molar-refractivity contribution in [2.75, 3.05) is 25.2 Å². The molecule has 0 saturated heterocycles. The third-order valence-corrected chi connectivity index (χ3v) is 4.10. The molecule has 1 fully saturated rings. The summed E-state index contributed by atoms with van der Waals surface area (Å²) in [5, 5.41) is 9.14. The summed E-state index contributed by atoms with van der Waals surface area (Å²) in [5.74, 6) is 0.853. The lowest BCUT2D eigenvalue weighted by atomic mass is 9.90. The van der Waals surface area contributed by atoms with E-state index in [0.29, 0.717) is 6.04 Å². The van der Waals surface area contributed by atoms with Crippen LogP contribution in [0.5, 0.6) is 5.75 Å². The number of aliphatic hydroxyl groups is 1. The van der Waals surface area contributed by atoms with Gasteiger partial charge in [-0.25, -0.2) is 0 Å². The number of ether oxygens (including phenoxy) is 1. The number of rotatable bonds is 7. The zero-order chi connectivity index (χ0) is 14.5. The van der Waals surface area contributed by atoms with Gasteiger partial charge in [0.25, 0.3) is 0 Å². The standard InChI is InChI=1S/C16H26N2O2/c1-12(17)16-14(8-4-9-15(16)20-2)18(10-5-11-19)13-6-3-7-13/h4,8-9,12-13,19H,3,5-7,10-11,17H2,1-2H3. The van der Waals surface area contributed by atoms with Crippen LogP contribution in [0.15, 0.2) is 18.2 Å². The zero-order valence-corrected chi connectivity index (χ0v) is 12.5. The molecule has 20 heavy (non-hydrogen) atoms. The van der Waals surface area contributed by atoms with Gasteiger partial charge < -0.3 is 20.5 Å². The van der Waals surface area contributed by atoms with Gasteiger partial charge in [0.15, 0.2) is 0 Å². The van der Waals surface area contributed by atoms with E-state index < -0.39 is 0 Å².